The first-order chi connectivity index (χ1) is 14.9. The van der Waals surface area contributed by atoms with Gasteiger partial charge in [-0.3, -0.25) is 19.6 Å². The van der Waals surface area contributed by atoms with Crippen LogP contribution in [-0.4, -0.2) is 59.7 Å². The Morgan fingerprint density at radius 1 is 1.06 bits per heavy atom. The van der Waals surface area contributed by atoms with Crippen LogP contribution in [0.15, 0.2) is 18.2 Å². The summed E-state index contributed by atoms with van der Waals surface area (Å²) < 4.78 is 4.93. The number of carbonyl (C=O) groups is 3. The largest absolute Gasteiger partial charge is 0.624 e. The zero-order valence-corrected chi connectivity index (χ0v) is 17.4. The number of benzene rings is 1. The van der Waals surface area contributed by atoms with E-state index < -0.39 is 28.4 Å². The summed E-state index contributed by atoms with van der Waals surface area (Å²) in [7, 11) is 0. The van der Waals surface area contributed by atoms with Crippen molar-refractivity contribution in [2.45, 2.75) is 69.4 Å². The zero-order chi connectivity index (χ0) is 21.6. The third kappa shape index (κ3) is 3.76. The van der Waals surface area contributed by atoms with Crippen LogP contribution in [0.25, 0.3) is 0 Å². The molecule has 1 saturated carbocycles. The van der Waals surface area contributed by atoms with Gasteiger partial charge in [0.1, 0.15) is 6.54 Å². The van der Waals surface area contributed by atoms with Crippen LogP contribution in [0.4, 0.5) is 5.69 Å². The second-order valence-corrected chi connectivity index (χ2v) is 9.08. The average Bonchev–Trinajstić information content (AvgIpc) is 2.99. The fourth-order valence-electron chi connectivity index (χ4n) is 5.15. The normalized spacial score (nSPS) is 33.6. The average molecular weight is 428 g/mol. The Hall–Kier alpha value is -2.33. The Morgan fingerprint density at radius 2 is 1.84 bits per heavy atom. The molecule has 3 N–H and O–H groups in total. The van der Waals surface area contributed by atoms with Gasteiger partial charge in [0, 0.05) is 30.1 Å². The second-order valence-electron chi connectivity index (χ2n) is 9.08. The van der Waals surface area contributed by atoms with E-state index in [2.05, 4.69) is 16.0 Å². The summed E-state index contributed by atoms with van der Waals surface area (Å²) in [5.41, 5.74) is 1.81. The third-order valence-corrected chi connectivity index (χ3v) is 6.98. The molecule has 2 saturated heterocycles. The van der Waals surface area contributed by atoms with Crippen molar-refractivity contribution in [3.8, 4) is 0 Å². The molecule has 1 aromatic rings. The van der Waals surface area contributed by atoms with Gasteiger partial charge in [0.2, 0.25) is 5.91 Å². The highest BCUT2D eigenvalue weighted by atomic mass is 16.6. The predicted octanol–water partition coefficient (Wildman–Crippen LogP) is 1.17. The van der Waals surface area contributed by atoms with Crippen LogP contribution in [0.3, 0.4) is 0 Å². The van der Waals surface area contributed by atoms with Crippen LogP contribution in [0.1, 0.15) is 54.4 Å². The molecule has 3 heterocycles. The number of amides is 3. The minimum atomic E-state index is -1.25. The monoisotopic (exact) mass is 428 g/mol. The number of carbonyl (C=O) groups excluding carboxylic acids is 3. The molecule has 31 heavy (non-hydrogen) atoms. The number of hydroxylamine groups is 3. The number of hydrogen-bond acceptors (Lipinski definition) is 7. The lowest BCUT2D eigenvalue weighted by atomic mass is 9.88. The van der Waals surface area contributed by atoms with Crippen LogP contribution in [0.5, 0.6) is 0 Å². The Balaban J connectivity index is 1.25. The van der Waals surface area contributed by atoms with Crippen molar-refractivity contribution >= 4 is 23.4 Å². The second kappa shape index (κ2) is 7.98. The van der Waals surface area contributed by atoms with E-state index in [9.17, 15) is 19.6 Å². The summed E-state index contributed by atoms with van der Waals surface area (Å²) in [5.74, 6) is -1.65. The van der Waals surface area contributed by atoms with E-state index in [0.29, 0.717) is 17.2 Å². The quantitative estimate of drug-likeness (QED) is 0.366. The van der Waals surface area contributed by atoms with E-state index in [1.807, 2.05) is 6.07 Å². The standard InChI is InChI=1S/C22H28N4O5/c27-20-5-4-19(21(28)25-20)26(30)12-17-16(22(26)29)2-1-3-18(17)24-13-10-15(11-13)31-14-6-8-23-9-7-14/h1-3,13-15,19,23-24H,4-12H2,(H,25,27,28). The molecule has 1 aromatic carbocycles. The highest BCUT2D eigenvalue weighted by molar-refractivity contribution is 6.02. The molecule has 0 aromatic heterocycles. The maximum absolute atomic E-state index is 13.5. The molecule has 0 bridgehead atoms. The van der Waals surface area contributed by atoms with Gasteiger partial charge in [-0.05, 0) is 50.9 Å². The van der Waals surface area contributed by atoms with E-state index >= 15 is 0 Å². The first-order valence-electron chi connectivity index (χ1n) is 11.2. The van der Waals surface area contributed by atoms with E-state index in [1.54, 1.807) is 12.1 Å². The number of nitrogens with zero attached hydrogens (tertiary/aromatic N) is 1. The molecule has 166 valence electrons. The highest BCUT2D eigenvalue weighted by Crippen LogP contribution is 2.39. The Bertz CT molecular complexity index is 909. The smallest absolute Gasteiger partial charge is 0.347 e. The lowest BCUT2D eigenvalue weighted by molar-refractivity contribution is -0.825. The molecule has 2 unspecified atom stereocenters. The Kier molecular flexibility index (Phi) is 5.29. The molecule has 0 radical (unpaired) electrons. The lowest BCUT2D eigenvalue weighted by Crippen LogP contribution is -2.60. The van der Waals surface area contributed by atoms with Gasteiger partial charge < -0.3 is 20.6 Å². The van der Waals surface area contributed by atoms with Gasteiger partial charge >= 0.3 is 5.91 Å². The van der Waals surface area contributed by atoms with Gasteiger partial charge in [-0.25, -0.2) is 4.79 Å². The number of rotatable bonds is 5. The van der Waals surface area contributed by atoms with Crippen molar-refractivity contribution in [1.82, 2.24) is 10.6 Å². The summed E-state index contributed by atoms with van der Waals surface area (Å²) in [6, 6.07) is 4.44. The maximum atomic E-state index is 13.5. The minimum Gasteiger partial charge on any atom is -0.624 e. The highest BCUT2D eigenvalue weighted by Gasteiger charge is 2.50. The van der Waals surface area contributed by atoms with Crippen LogP contribution in [0, 0.1) is 5.21 Å². The molecule has 4 aliphatic rings. The number of nitrogens with one attached hydrogen (secondary N) is 3. The van der Waals surface area contributed by atoms with E-state index in [-0.39, 0.29) is 31.5 Å². The van der Waals surface area contributed by atoms with Crippen LogP contribution < -0.4 is 16.0 Å². The topological polar surface area (TPSA) is 120 Å². The van der Waals surface area contributed by atoms with Gasteiger partial charge in [-0.1, -0.05) is 6.07 Å². The lowest BCUT2D eigenvalue weighted by Gasteiger charge is -2.42. The SMILES string of the molecule is O=C1CCC([N+]2([O-])Cc3c(NC4CC(OC5CCNCC5)C4)cccc3C2=O)C(=O)N1. The number of fused-ring (bicyclic) bond motifs is 1. The van der Waals surface area contributed by atoms with Crippen molar-refractivity contribution in [3.63, 3.8) is 0 Å². The molecular weight excluding hydrogens is 400 g/mol. The minimum absolute atomic E-state index is 0.0773. The van der Waals surface area contributed by atoms with Gasteiger partial charge in [-0.2, -0.15) is 0 Å². The van der Waals surface area contributed by atoms with Crippen molar-refractivity contribution in [3.05, 3.63) is 34.5 Å². The predicted molar refractivity (Wildman–Crippen MR) is 112 cm³/mol. The van der Waals surface area contributed by atoms with Gasteiger partial charge in [0.25, 0.3) is 5.91 Å². The van der Waals surface area contributed by atoms with Gasteiger partial charge in [0.15, 0.2) is 6.04 Å². The molecule has 5 rings (SSSR count). The number of hydrogen-bond donors (Lipinski definition) is 3. The Labute approximate surface area is 180 Å². The molecule has 3 aliphatic heterocycles. The summed E-state index contributed by atoms with van der Waals surface area (Å²) in [6.45, 7) is 1.92. The molecular formula is C22H28N4O5. The first-order valence-corrected chi connectivity index (χ1v) is 11.2. The number of ether oxygens (including phenoxy) is 1. The molecule has 3 fully saturated rings. The molecule has 9 nitrogen and oxygen atoms in total. The number of imide groups is 1. The Morgan fingerprint density at radius 3 is 2.58 bits per heavy atom. The van der Waals surface area contributed by atoms with E-state index in [4.69, 9.17) is 4.74 Å². The van der Waals surface area contributed by atoms with Crippen LogP contribution >= 0.6 is 0 Å². The zero-order valence-electron chi connectivity index (χ0n) is 17.4. The van der Waals surface area contributed by atoms with Crippen molar-refractivity contribution in [2.24, 2.45) is 0 Å². The van der Waals surface area contributed by atoms with Crippen molar-refractivity contribution in [1.29, 1.82) is 0 Å². The fourth-order valence-corrected chi connectivity index (χ4v) is 5.15. The van der Waals surface area contributed by atoms with Crippen LogP contribution in [0.2, 0.25) is 0 Å². The number of anilines is 1. The number of quaternary nitrogens is 1. The van der Waals surface area contributed by atoms with E-state index in [0.717, 1.165) is 44.5 Å². The summed E-state index contributed by atoms with van der Waals surface area (Å²) >= 11 is 0. The first kappa shape index (κ1) is 20.6. The number of piperidine rings is 2. The molecule has 1 aliphatic carbocycles. The molecule has 2 atom stereocenters. The van der Waals surface area contributed by atoms with Gasteiger partial charge in [0.05, 0.1) is 17.8 Å². The third-order valence-electron chi connectivity index (χ3n) is 6.98. The molecule has 3 amide bonds. The molecule has 9 heteroatoms. The summed E-state index contributed by atoms with van der Waals surface area (Å²) in [4.78, 5) is 36.7. The molecule has 0 spiro atoms. The fraction of sp³-hybridized carbons (Fsp3) is 0.591. The van der Waals surface area contributed by atoms with E-state index in [1.165, 1.54) is 0 Å². The maximum Gasteiger partial charge on any atom is 0.347 e. The van der Waals surface area contributed by atoms with Crippen LogP contribution in [-0.2, 0) is 20.9 Å². The summed E-state index contributed by atoms with van der Waals surface area (Å²) in [5, 5.41) is 22.5. The summed E-state index contributed by atoms with van der Waals surface area (Å²) in [6.07, 6.45) is 4.63. The van der Waals surface area contributed by atoms with Crippen molar-refractivity contribution < 1.29 is 23.8 Å². The van der Waals surface area contributed by atoms with Gasteiger partial charge in [-0.15, -0.1) is 0 Å². The van der Waals surface area contributed by atoms with Crippen molar-refractivity contribution in [2.75, 3.05) is 18.4 Å².